The molecular weight excluding hydrogens is 335 g/mol. The highest BCUT2D eigenvalue weighted by Crippen LogP contribution is 2.24. The number of rotatable bonds is 5. The first kappa shape index (κ1) is 17.9. The summed E-state index contributed by atoms with van der Waals surface area (Å²) < 4.78 is 18.4. The van der Waals surface area contributed by atoms with Crippen molar-refractivity contribution < 1.29 is 18.7 Å². The molecule has 2 aromatic rings. The van der Waals surface area contributed by atoms with Crippen LogP contribution in [-0.2, 0) is 22.4 Å². The summed E-state index contributed by atoms with van der Waals surface area (Å²) in [7, 11) is 1.49. The number of benzene rings is 2. The minimum Gasteiger partial charge on any atom is -0.444 e. The molecule has 1 N–H and O–H groups in total. The first-order valence-corrected chi connectivity index (χ1v) is 8.57. The zero-order chi connectivity index (χ0) is 18.5. The van der Waals surface area contributed by atoms with Crippen LogP contribution in [0.5, 0.6) is 0 Å². The van der Waals surface area contributed by atoms with Gasteiger partial charge in [0, 0.05) is 12.7 Å². The maximum atomic E-state index is 13.2. The highest BCUT2D eigenvalue weighted by molar-refractivity contribution is 5.96. The SMILES string of the molecule is CNC(=O)OC1CC(=O)N(c2ccc(CCc3cccc(F)c3)cc2)C1. The number of hydrogen-bond donors (Lipinski definition) is 1. The Morgan fingerprint density at radius 1 is 1.19 bits per heavy atom. The number of hydrogen-bond acceptors (Lipinski definition) is 3. The minimum atomic E-state index is -0.530. The number of nitrogens with one attached hydrogen (secondary N) is 1. The van der Waals surface area contributed by atoms with E-state index in [-0.39, 0.29) is 18.1 Å². The molecule has 0 aromatic heterocycles. The second-order valence-electron chi connectivity index (χ2n) is 6.28. The van der Waals surface area contributed by atoms with E-state index in [2.05, 4.69) is 5.32 Å². The molecule has 1 aliphatic heterocycles. The highest BCUT2D eigenvalue weighted by Gasteiger charge is 2.33. The molecule has 1 fully saturated rings. The quantitative estimate of drug-likeness (QED) is 0.896. The Morgan fingerprint density at radius 2 is 1.92 bits per heavy atom. The van der Waals surface area contributed by atoms with Gasteiger partial charge < -0.3 is 15.0 Å². The molecule has 26 heavy (non-hydrogen) atoms. The van der Waals surface area contributed by atoms with Crippen LogP contribution in [-0.4, -0.2) is 31.7 Å². The van der Waals surface area contributed by atoms with Gasteiger partial charge in [-0.1, -0.05) is 24.3 Å². The fourth-order valence-corrected chi connectivity index (χ4v) is 3.04. The van der Waals surface area contributed by atoms with Crippen LogP contribution in [0.3, 0.4) is 0 Å². The molecule has 1 unspecified atom stereocenters. The molecule has 0 radical (unpaired) electrons. The number of amides is 2. The standard InChI is InChI=1S/C20H21FN2O3/c1-22-20(25)26-18-12-19(24)23(13-18)17-9-7-14(8-10-17)5-6-15-3-2-4-16(21)11-15/h2-4,7-11,18H,5-6,12-13H2,1H3,(H,22,25). The van der Waals surface area contributed by atoms with Gasteiger partial charge in [0.2, 0.25) is 5.91 Å². The van der Waals surface area contributed by atoms with E-state index in [1.807, 2.05) is 30.3 Å². The second-order valence-corrected chi connectivity index (χ2v) is 6.28. The third kappa shape index (κ3) is 4.39. The van der Waals surface area contributed by atoms with Crippen LogP contribution >= 0.6 is 0 Å². The number of alkyl carbamates (subject to hydrolysis) is 1. The van der Waals surface area contributed by atoms with Crippen molar-refractivity contribution in [1.29, 1.82) is 0 Å². The minimum absolute atomic E-state index is 0.0635. The number of anilines is 1. The van der Waals surface area contributed by atoms with Crippen molar-refractivity contribution in [2.24, 2.45) is 0 Å². The molecule has 0 bridgehead atoms. The van der Waals surface area contributed by atoms with Crippen LogP contribution in [0.2, 0.25) is 0 Å². The molecule has 1 heterocycles. The van der Waals surface area contributed by atoms with Gasteiger partial charge in [-0.05, 0) is 48.2 Å². The Balaban J connectivity index is 1.59. The average Bonchev–Trinajstić information content (AvgIpc) is 3.00. The number of nitrogens with zero attached hydrogens (tertiary/aromatic N) is 1. The van der Waals surface area contributed by atoms with Crippen LogP contribution < -0.4 is 10.2 Å². The monoisotopic (exact) mass is 356 g/mol. The summed E-state index contributed by atoms with van der Waals surface area (Å²) in [5.74, 6) is -0.287. The maximum Gasteiger partial charge on any atom is 0.407 e. The molecule has 1 atom stereocenters. The van der Waals surface area contributed by atoms with E-state index >= 15 is 0 Å². The van der Waals surface area contributed by atoms with Gasteiger partial charge in [0.25, 0.3) is 0 Å². The molecule has 5 nitrogen and oxygen atoms in total. The molecule has 2 amide bonds. The summed E-state index contributed by atoms with van der Waals surface area (Å²) in [5.41, 5.74) is 2.85. The number of carbonyl (C=O) groups excluding carboxylic acids is 2. The molecule has 136 valence electrons. The lowest BCUT2D eigenvalue weighted by atomic mass is 10.0. The second kappa shape index (κ2) is 7.99. The molecule has 1 aliphatic rings. The lowest BCUT2D eigenvalue weighted by Crippen LogP contribution is -2.29. The van der Waals surface area contributed by atoms with E-state index < -0.39 is 12.2 Å². The van der Waals surface area contributed by atoms with Crippen LogP contribution in [0.1, 0.15) is 17.5 Å². The van der Waals surface area contributed by atoms with Crippen LogP contribution in [0, 0.1) is 5.82 Å². The number of ether oxygens (including phenoxy) is 1. The normalized spacial score (nSPS) is 16.6. The number of halogens is 1. The van der Waals surface area contributed by atoms with Gasteiger partial charge in [-0.25, -0.2) is 9.18 Å². The van der Waals surface area contributed by atoms with Crippen LogP contribution in [0.15, 0.2) is 48.5 Å². The third-order valence-corrected chi connectivity index (χ3v) is 4.41. The van der Waals surface area contributed by atoms with Crippen molar-refractivity contribution >= 4 is 17.7 Å². The third-order valence-electron chi connectivity index (χ3n) is 4.41. The number of aryl methyl sites for hydroxylation is 2. The van der Waals surface area contributed by atoms with Crippen molar-refractivity contribution in [2.75, 3.05) is 18.5 Å². The largest absolute Gasteiger partial charge is 0.444 e. The van der Waals surface area contributed by atoms with Crippen LogP contribution in [0.25, 0.3) is 0 Å². The highest BCUT2D eigenvalue weighted by atomic mass is 19.1. The molecule has 6 heteroatoms. The van der Waals surface area contributed by atoms with E-state index in [0.29, 0.717) is 6.54 Å². The summed E-state index contributed by atoms with van der Waals surface area (Å²) in [6.45, 7) is 0.356. The lowest BCUT2D eigenvalue weighted by Gasteiger charge is -2.17. The molecule has 0 aliphatic carbocycles. The Bertz CT molecular complexity index is 792. The summed E-state index contributed by atoms with van der Waals surface area (Å²) >= 11 is 0. The fourth-order valence-electron chi connectivity index (χ4n) is 3.04. The van der Waals surface area contributed by atoms with Crippen molar-refractivity contribution in [1.82, 2.24) is 5.32 Å². The zero-order valence-corrected chi connectivity index (χ0v) is 14.6. The lowest BCUT2D eigenvalue weighted by molar-refractivity contribution is -0.117. The predicted octanol–water partition coefficient (Wildman–Crippen LogP) is 3.07. The van der Waals surface area contributed by atoms with Crippen molar-refractivity contribution in [3.63, 3.8) is 0 Å². The van der Waals surface area contributed by atoms with E-state index in [9.17, 15) is 14.0 Å². The topological polar surface area (TPSA) is 58.6 Å². The number of carbonyl (C=O) groups is 2. The molecule has 0 spiro atoms. The van der Waals surface area contributed by atoms with E-state index in [4.69, 9.17) is 4.74 Å². The molecule has 1 saturated heterocycles. The zero-order valence-electron chi connectivity index (χ0n) is 14.6. The summed E-state index contributed by atoms with van der Waals surface area (Å²) in [6, 6.07) is 14.3. The first-order chi connectivity index (χ1) is 12.5. The van der Waals surface area contributed by atoms with Gasteiger partial charge in [0.15, 0.2) is 0 Å². The Hall–Kier alpha value is -2.89. The molecular formula is C20H21FN2O3. The van der Waals surface area contributed by atoms with Gasteiger partial charge in [0.1, 0.15) is 11.9 Å². The van der Waals surface area contributed by atoms with Crippen molar-refractivity contribution in [3.05, 3.63) is 65.5 Å². The smallest absolute Gasteiger partial charge is 0.407 e. The summed E-state index contributed by atoms with van der Waals surface area (Å²) in [4.78, 5) is 25.1. The van der Waals surface area contributed by atoms with E-state index in [1.54, 1.807) is 17.0 Å². The van der Waals surface area contributed by atoms with Gasteiger partial charge in [0.05, 0.1) is 13.0 Å². The van der Waals surface area contributed by atoms with Gasteiger partial charge in [-0.3, -0.25) is 4.79 Å². The summed E-state index contributed by atoms with van der Waals surface area (Å²) in [6.07, 6.45) is 0.767. The molecule has 3 rings (SSSR count). The molecule has 2 aromatic carbocycles. The Labute approximate surface area is 151 Å². The molecule has 0 saturated carbocycles. The predicted molar refractivity (Wildman–Crippen MR) is 96.5 cm³/mol. The Morgan fingerprint density at radius 3 is 2.62 bits per heavy atom. The van der Waals surface area contributed by atoms with Gasteiger partial charge >= 0.3 is 6.09 Å². The van der Waals surface area contributed by atoms with Crippen molar-refractivity contribution in [2.45, 2.75) is 25.4 Å². The van der Waals surface area contributed by atoms with Crippen molar-refractivity contribution in [3.8, 4) is 0 Å². The van der Waals surface area contributed by atoms with E-state index in [1.165, 1.54) is 13.1 Å². The maximum absolute atomic E-state index is 13.2. The van der Waals surface area contributed by atoms with E-state index in [0.717, 1.165) is 29.7 Å². The van der Waals surface area contributed by atoms with Gasteiger partial charge in [-0.15, -0.1) is 0 Å². The van der Waals surface area contributed by atoms with Crippen LogP contribution in [0.4, 0.5) is 14.9 Å². The Kier molecular flexibility index (Phi) is 5.51. The average molecular weight is 356 g/mol. The summed E-state index contributed by atoms with van der Waals surface area (Å²) in [5, 5.41) is 2.39. The fraction of sp³-hybridized carbons (Fsp3) is 0.300. The van der Waals surface area contributed by atoms with Gasteiger partial charge in [-0.2, -0.15) is 0 Å². The first-order valence-electron chi connectivity index (χ1n) is 8.57.